The molecule has 34 heavy (non-hydrogen) atoms. The second-order valence-electron chi connectivity index (χ2n) is 7.93. The van der Waals surface area contributed by atoms with Gasteiger partial charge in [0.2, 0.25) is 5.95 Å². The third-order valence-corrected chi connectivity index (χ3v) is 5.56. The van der Waals surface area contributed by atoms with Crippen LogP contribution in [0.15, 0.2) is 55.1 Å². The Bertz CT molecular complexity index is 1250. The Kier molecular flexibility index (Phi) is 6.01. The first-order valence-corrected chi connectivity index (χ1v) is 10.8. The highest BCUT2D eigenvalue weighted by atomic mass is 19.4. The molecule has 0 saturated carbocycles. The summed E-state index contributed by atoms with van der Waals surface area (Å²) in [5.41, 5.74) is 2.22. The number of ether oxygens (including phenoxy) is 1. The van der Waals surface area contributed by atoms with Crippen LogP contribution in [0, 0.1) is 0 Å². The number of anilines is 2. The molecule has 1 fully saturated rings. The number of imidazole rings is 1. The van der Waals surface area contributed by atoms with Gasteiger partial charge in [0.25, 0.3) is 0 Å². The van der Waals surface area contributed by atoms with Crippen molar-refractivity contribution in [2.75, 3.05) is 36.5 Å². The number of fused-ring (bicyclic) bond motifs is 1. The van der Waals surface area contributed by atoms with E-state index >= 15 is 0 Å². The molecule has 1 saturated heterocycles. The summed E-state index contributed by atoms with van der Waals surface area (Å²) in [4.78, 5) is 20.2. The number of halogens is 3. The van der Waals surface area contributed by atoms with E-state index in [9.17, 15) is 13.2 Å². The van der Waals surface area contributed by atoms with Crippen molar-refractivity contribution in [3.63, 3.8) is 0 Å². The molecule has 4 heterocycles. The van der Waals surface area contributed by atoms with Crippen LogP contribution >= 0.6 is 0 Å². The summed E-state index contributed by atoms with van der Waals surface area (Å²) in [5.74, 6) is 1.14. The topological polar surface area (TPSA) is 81.0 Å². The van der Waals surface area contributed by atoms with Gasteiger partial charge in [-0.1, -0.05) is 18.2 Å². The van der Waals surface area contributed by atoms with E-state index in [2.05, 4.69) is 15.3 Å². The molecule has 5 rings (SSSR count). The van der Waals surface area contributed by atoms with Gasteiger partial charge in [-0.3, -0.25) is 4.98 Å². The highest BCUT2D eigenvalue weighted by molar-refractivity contribution is 5.84. The molecule has 8 nitrogen and oxygen atoms in total. The second-order valence-corrected chi connectivity index (χ2v) is 7.93. The van der Waals surface area contributed by atoms with Crippen LogP contribution < -0.4 is 10.2 Å². The van der Waals surface area contributed by atoms with Crippen molar-refractivity contribution in [1.82, 2.24) is 24.5 Å². The molecule has 1 N–H and O–H groups in total. The Labute approximate surface area is 193 Å². The Balaban J connectivity index is 1.47. The van der Waals surface area contributed by atoms with Gasteiger partial charge in [0.1, 0.15) is 0 Å². The minimum Gasteiger partial charge on any atom is -0.378 e. The van der Waals surface area contributed by atoms with Gasteiger partial charge in [-0.15, -0.1) is 0 Å². The molecule has 0 aliphatic carbocycles. The fourth-order valence-corrected chi connectivity index (χ4v) is 3.76. The molecule has 3 aromatic heterocycles. The van der Waals surface area contributed by atoms with Crippen LogP contribution in [0.4, 0.5) is 24.9 Å². The smallest absolute Gasteiger partial charge is 0.378 e. The summed E-state index contributed by atoms with van der Waals surface area (Å²) >= 11 is 0. The monoisotopic (exact) mass is 469 g/mol. The molecule has 0 spiro atoms. The van der Waals surface area contributed by atoms with E-state index in [4.69, 9.17) is 14.7 Å². The standard InChI is InChI=1S/C23H22F3N7O/c24-23(25,26)18-5-3-16(4-6-18)14-33-15-29-19-20(28-13-17-2-1-7-27-12-17)30-22(31-21(19)33)32-8-10-34-11-9-32/h1-7,12,15H,8-11,13-14H2,(H,28,30,31). The van der Waals surface area contributed by atoms with Crippen LogP contribution in [0.25, 0.3) is 11.2 Å². The number of morpholine rings is 1. The van der Waals surface area contributed by atoms with Crippen LogP contribution in [0.1, 0.15) is 16.7 Å². The maximum absolute atomic E-state index is 12.9. The lowest BCUT2D eigenvalue weighted by atomic mass is 10.1. The molecule has 0 atom stereocenters. The lowest BCUT2D eigenvalue weighted by molar-refractivity contribution is -0.137. The molecular weight excluding hydrogens is 447 g/mol. The van der Waals surface area contributed by atoms with E-state index in [1.54, 1.807) is 18.7 Å². The van der Waals surface area contributed by atoms with Gasteiger partial charge in [0, 0.05) is 32.0 Å². The first-order valence-electron chi connectivity index (χ1n) is 10.8. The van der Waals surface area contributed by atoms with Crippen molar-refractivity contribution in [2.45, 2.75) is 19.3 Å². The molecule has 0 bridgehead atoms. The van der Waals surface area contributed by atoms with Gasteiger partial charge in [-0.25, -0.2) is 4.98 Å². The number of alkyl halides is 3. The zero-order valence-corrected chi connectivity index (χ0v) is 18.2. The quantitative estimate of drug-likeness (QED) is 0.461. The van der Waals surface area contributed by atoms with E-state index in [-0.39, 0.29) is 0 Å². The largest absolute Gasteiger partial charge is 0.416 e. The fourth-order valence-electron chi connectivity index (χ4n) is 3.76. The maximum atomic E-state index is 12.9. The minimum absolute atomic E-state index is 0.330. The van der Waals surface area contributed by atoms with E-state index in [0.29, 0.717) is 67.9 Å². The highest BCUT2D eigenvalue weighted by Gasteiger charge is 2.30. The number of nitrogens with zero attached hydrogens (tertiary/aromatic N) is 6. The van der Waals surface area contributed by atoms with Crippen molar-refractivity contribution in [3.8, 4) is 0 Å². The summed E-state index contributed by atoms with van der Waals surface area (Å²) in [7, 11) is 0. The lowest BCUT2D eigenvalue weighted by Gasteiger charge is -2.27. The van der Waals surface area contributed by atoms with E-state index < -0.39 is 11.7 Å². The van der Waals surface area contributed by atoms with E-state index in [1.165, 1.54) is 12.1 Å². The van der Waals surface area contributed by atoms with Crippen LogP contribution in [0.3, 0.4) is 0 Å². The van der Waals surface area contributed by atoms with Crippen molar-refractivity contribution >= 4 is 22.9 Å². The van der Waals surface area contributed by atoms with Gasteiger partial charge in [0.15, 0.2) is 17.0 Å². The van der Waals surface area contributed by atoms with Crippen LogP contribution in [0.2, 0.25) is 0 Å². The van der Waals surface area contributed by atoms with E-state index in [1.807, 2.05) is 21.6 Å². The van der Waals surface area contributed by atoms with Crippen LogP contribution in [-0.4, -0.2) is 50.8 Å². The van der Waals surface area contributed by atoms with Gasteiger partial charge in [-0.2, -0.15) is 23.1 Å². The molecule has 176 valence electrons. The Morgan fingerprint density at radius 1 is 1.00 bits per heavy atom. The molecular formula is C23H22F3N7O. The number of pyridine rings is 1. The predicted octanol–water partition coefficient (Wildman–Crippen LogP) is 3.74. The van der Waals surface area contributed by atoms with Crippen LogP contribution in [-0.2, 0) is 24.0 Å². The first-order chi connectivity index (χ1) is 16.5. The Hall–Kier alpha value is -3.73. The van der Waals surface area contributed by atoms with Gasteiger partial charge < -0.3 is 19.5 Å². The SMILES string of the molecule is FC(F)(F)c1ccc(Cn2cnc3c(NCc4cccnc4)nc(N4CCOCC4)nc32)cc1. The normalized spacial score (nSPS) is 14.5. The van der Waals surface area contributed by atoms with Crippen molar-refractivity contribution in [2.24, 2.45) is 0 Å². The average Bonchev–Trinajstić information content (AvgIpc) is 3.26. The van der Waals surface area contributed by atoms with Crippen molar-refractivity contribution in [1.29, 1.82) is 0 Å². The van der Waals surface area contributed by atoms with Gasteiger partial charge >= 0.3 is 6.18 Å². The fraction of sp³-hybridized carbons (Fsp3) is 0.304. The Morgan fingerprint density at radius 3 is 2.50 bits per heavy atom. The third-order valence-electron chi connectivity index (χ3n) is 5.56. The van der Waals surface area contributed by atoms with Gasteiger partial charge in [0.05, 0.1) is 31.6 Å². The zero-order valence-electron chi connectivity index (χ0n) is 18.2. The number of nitrogens with one attached hydrogen (secondary N) is 1. The van der Waals surface area contributed by atoms with Crippen molar-refractivity contribution in [3.05, 3.63) is 71.8 Å². The Morgan fingerprint density at radius 2 is 1.79 bits per heavy atom. The minimum atomic E-state index is -4.37. The summed E-state index contributed by atoms with van der Waals surface area (Å²) in [6.45, 7) is 3.35. The summed E-state index contributed by atoms with van der Waals surface area (Å²) in [6.07, 6.45) is 0.758. The average molecular weight is 469 g/mol. The van der Waals surface area contributed by atoms with Gasteiger partial charge in [-0.05, 0) is 29.3 Å². The maximum Gasteiger partial charge on any atom is 0.416 e. The zero-order chi connectivity index (χ0) is 23.5. The number of benzene rings is 1. The van der Waals surface area contributed by atoms with Crippen LogP contribution in [0.5, 0.6) is 0 Å². The third kappa shape index (κ3) is 4.79. The number of rotatable bonds is 6. The molecule has 11 heteroatoms. The molecule has 0 amide bonds. The first kappa shape index (κ1) is 22.1. The molecule has 1 aromatic carbocycles. The molecule has 0 unspecified atom stereocenters. The lowest BCUT2D eigenvalue weighted by Crippen LogP contribution is -2.37. The summed E-state index contributed by atoms with van der Waals surface area (Å²) in [5, 5.41) is 3.33. The molecule has 1 aliphatic rings. The predicted molar refractivity (Wildman–Crippen MR) is 120 cm³/mol. The molecule has 0 radical (unpaired) electrons. The molecule has 1 aliphatic heterocycles. The highest BCUT2D eigenvalue weighted by Crippen LogP contribution is 2.29. The summed E-state index contributed by atoms with van der Waals surface area (Å²) in [6, 6.07) is 8.95. The number of hydrogen-bond donors (Lipinski definition) is 1. The van der Waals surface area contributed by atoms with E-state index in [0.717, 1.165) is 17.7 Å². The summed E-state index contributed by atoms with van der Waals surface area (Å²) < 4.78 is 46.0. The second kappa shape index (κ2) is 9.26. The molecule has 4 aromatic rings. The number of hydrogen-bond acceptors (Lipinski definition) is 7. The van der Waals surface area contributed by atoms with Crippen molar-refractivity contribution < 1.29 is 17.9 Å². The number of aromatic nitrogens is 5.